The SMILES string of the molecule is O=CC1C(c2ccc(N3CCCC3)nc2)=CC(c2ccccn2)=CN1c1ccccc1. The van der Waals surface area contributed by atoms with Gasteiger partial charge in [0.15, 0.2) is 0 Å². The molecule has 1 fully saturated rings. The Morgan fingerprint density at radius 3 is 2.39 bits per heavy atom. The lowest BCUT2D eigenvalue weighted by Crippen LogP contribution is -2.35. The predicted molar refractivity (Wildman–Crippen MR) is 125 cm³/mol. The molecule has 0 bridgehead atoms. The number of benzene rings is 1. The molecule has 1 aromatic carbocycles. The van der Waals surface area contributed by atoms with E-state index in [0.717, 1.165) is 53.3 Å². The molecule has 1 unspecified atom stereocenters. The Bertz CT molecular complexity index is 1100. The van der Waals surface area contributed by atoms with Crippen molar-refractivity contribution in [2.75, 3.05) is 22.9 Å². The average Bonchev–Trinajstić information content (AvgIpc) is 3.39. The summed E-state index contributed by atoms with van der Waals surface area (Å²) in [4.78, 5) is 25.9. The standard InChI is InChI=1S/C26H24N4O/c31-19-25-23(20-11-12-26(28-17-20)29-14-6-7-15-29)16-21(24-10-4-5-13-27-24)18-30(25)22-8-2-1-3-9-22/h1-5,8-13,16-19,25H,6-7,14-15H2. The summed E-state index contributed by atoms with van der Waals surface area (Å²) in [5, 5.41) is 0. The van der Waals surface area contributed by atoms with Gasteiger partial charge >= 0.3 is 0 Å². The third kappa shape index (κ3) is 3.87. The van der Waals surface area contributed by atoms with E-state index in [9.17, 15) is 4.79 Å². The predicted octanol–water partition coefficient (Wildman–Crippen LogP) is 4.59. The lowest BCUT2D eigenvalue weighted by molar-refractivity contribution is -0.107. The summed E-state index contributed by atoms with van der Waals surface area (Å²) in [6, 6.07) is 19.5. The molecule has 0 radical (unpaired) electrons. The molecular formula is C26H24N4O. The molecular weight excluding hydrogens is 384 g/mol. The minimum absolute atomic E-state index is 0.436. The highest BCUT2D eigenvalue weighted by molar-refractivity contribution is 5.98. The third-order valence-electron chi connectivity index (χ3n) is 5.86. The molecule has 31 heavy (non-hydrogen) atoms. The fourth-order valence-corrected chi connectivity index (χ4v) is 4.26. The summed E-state index contributed by atoms with van der Waals surface area (Å²) in [5.74, 6) is 1.00. The number of carbonyl (C=O) groups is 1. The van der Waals surface area contributed by atoms with E-state index in [4.69, 9.17) is 4.98 Å². The summed E-state index contributed by atoms with van der Waals surface area (Å²) in [6.07, 6.45) is 11.2. The van der Waals surface area contributed by atoms with Crippen LogP contribution in [0.1, 0.15) is 24.1 Å². The maximum Gasteiger partial charge on any atom is 0.147 e. The zero-order valence-corrected chi connectivity index (χ0v) is 17.3. The van der Waals surface area contributed by atoms with Gasteiger partial charge in [-0.1, -0.05) is 24.3 Å². The minimum Gasteiger partial charge on any atom is -0.357 e. The van der Waals surface area contributed by atoms with Crippen molar-refractivity contribution in [2.45, 2.75) is 18.9 Å². The first-order valence-corrected chi connectivity index (χ1v) is 10.7. The van der Waals surface area contributed by atoms with Gasteiger partial charge in [-0.25, -0.2) is 4.98 Å². The summed E-state index contributed by atoms with van der Waals surface area (Å²) < 4.78 is 0. The molecule has 5 rings (SSSR count). The zero-order chi connectivity index (χ0) is 21.0. The Labute approximate surface area is 182 Å². The topological polar surface area (TPSA) is 49.3 Å². The Morgan fingerprint density at radius 1 is 0.903 bits per heavy atom. The monoisotopic (exact) mass is 408 g/mol. The lowest BCUT2D eigenvalue weighted by Gasteiger charge is -2.33. The molecule has 3 aromatic rings. The van der Waals surface area contributed by atoms with Gasteiger partial charge in [0.25, 0.3) is 0 Å². The van der Waals surface area contributed by atoms with Crippen LogP contribution in [-0.4, -0.2) is 35.4 Å². The second-order valence-electron chi connectivity index (χ2n) is 7.82. The number of aldehydes is 1. The van der Waals surface area contributed by atoms with E-state index in [1.54, 1.807) is 6.20 Å². The van der Waals surface area contributed by atoms with Crippen molar-refractivity contribution in [1.82, 2.24) is 9.97 Å². The first-order chi connectivity index (χ1) is 15.3. The largest absolute Gasteiger partial charge is 0.357 e. The van der Waals surface area contributed by atoms with Gasteiger partial charge in [-0.15, -0.1) is 0 Å². The van der Waals surface area contributed by atoms with Crippen molar-refractivity contribution in [2.24, 2.45) is 0 Å². The van der Waals surface area contributed by atoms with Crippen molar-refractivity contribution in [3.05, 3.63) is 96.6 Å². The Kier molecular flexibility index (Phi) is 5.31. The number of para-hydroxylation sites is 1. The fraction of sp³-hybridized carbons (Fsp3) is 0.192. The van der Waals surface area contributed by atoms with Gasteiger partial charge in [0.05, 0.1) is 5.69 Å². The highest BCUT2D eigenvalue weighted by Crippen LogP contribution is 2.34. The van der Waals surface area contributed by atoms with Crippen molar-refractivity contribution >= 4 is 28.9 Å². The van der Waals surface area contributed by atoms with Crippen molar-refractivity contribution in [1.29, 1.82) is 0 Å². The molecule has 2 aliphatic rings. The van der Waals surface area contributed by atoms with Crippen LogP contribution in [0, 0.1) is 0 Å². The van der Waals surface area contributed by atoms with Crippen LogP contribution >= 0.6 is 0 Å². The first kappa shape index (κ1) is 19.2. The van der Waals surface area contributed by atoms with Gasteiger partial charge in [0, 0.05) is 42.9 Å². The second kappa shape index (κ2) is 8.56. The van der Waals surface area contributed by atoms with E-state index >= 15 is 0 Å². The van der Waals surface area contributed by atoms with Crippen molar-refractivity contribution < 1.29 is 4.79 Å². The van der Waals surface area contributed by atoms with Crippen LogP contribution in [0.2, 0.25) is 0 Å². The van der Waals surface area contributed by atoms with Crippen LogP contribution in [0.5, 0.6) is 0 Å². The number of hydrogen-bond donors (Lipinski definition) is 0. The van der Waals surface area contributed by atoms with E-state index in [0.29, 0.717) is 0 Å². The van der Waals surface area contributed by atoms with Gasteiger partial charge in [0.1, 0.15) is 18.1 Å². The summed E-state index contributed by atoms with van der Waals surface area (Å²) in [7, 11) is 0. The maximum absolute atomic E-state index is 12.3. The van der Waals surface area contributed by atoms with E-state index in [-0.39, 0.29) is 0 Å². The minimum atomic E-state index is -0.436. The summed E-state index contributed by atoms with van der Waals surface area (Å²) in [5.41, 5.74) is 4.65. The number of hydrogen-bond acceptors (Lipinski definition) is 5. The number of aromatic nitrogens is 2. The van der Waals surface area contributed by atoms with Crippen LogP contribution < -0.4 is 9.80 Å². The molecule has 0 aliphatic carbocycles. The lowest BCUT2D eigenvalue weighted by atomic mass is 9.92. The smallest absolute Gasteiger partial charge is 0.147 e. The number of carbonyl (C=O) groups excluding carboxylic acids is 1. The quantitative estimate of drug-likeness (QED) is 0.578. The normalized spacial score (nSPS) is 18.5. The number of anilines is 2. The van der Waals surface area contributed by atoms with E-state index in [2.05, 4.69) is 28.1 Å². The Hall–Kier alpha value is -3.73. The molecule has 2 aliphatic heterocycles. The van der Waals surface area contributed by atoms with Crippen LogP contribution in [-0.2, 0) is 4.79 Å². The number of rotatable bonds is 5. The van der Waals surface area contributed by atoms with Crippen LogP contribution in [0.25, 0.3) is 11.1 Å². The number of nitrogens with zero attached hydrogens (tertiary/aromatic N) is 4. The molecule has 0 spiro atoms. The summed E-state index contributed by atoms with van der Waals surface area (Å²) >= 11 is 0. The molecule has 154 valence electrons. The molecule has 0 saturated carbocycles. The van der Waals surface area contributed by atoms with Crippen LogP contribution in [0.15, 0.2) is 85.3 Å². The number of allylic oxidation sites excluding steroid dienone is 2. The van der Waals surface area contributed by atoms with Gasteiger partial charge < -0.3 is 14.6 Å². The van der Waals surface area contributed by atoms with Crippen LogP contribution in [0.4, 0.5) is 11.5 Å². The number of pyridine rings is 2. The molecule has 1 saturated heterocycles. The molecule has 0 amide bonds. The van der Waals surface area contributed by atoms with Crippen molar-refractivity contribution in [3.8, 4) is 0 Å². The zero-order valence-electron chi connectivity index (χ0n) is 17.3. The maximum atomic E-state index is 12.3. The van der Waals surface area contributed by atoms with E-state index < -0.39 is 6.04 Å². The van der Waals surface area contributed by atoms with E-state index in [1.165, 1.54) is 12.8 Å². The molecule has 0 N–H and O–H groups in total. The first-order valence-electron chi connectivity index (χ1n) is 10.7. The Morgan fingerprint density at radius 2 is 1.71 bits per heavy atom. The molecule has 4 heterocycles. The van der Waals surface area contributed by atoms with Gasteiger partial charge in [-0.05, 0) is 66.5 Å². The van der Waals surface area contributed by atoms with E-state index in [1.807, 2.05) is 65.8 Å². The van der Waals surface area contributed by atoms with Crippen molar-refractivity contribution in [3.63, 3.8) is 0 Å². The second-order valence-corrected chi connectivity index (χ2v) is 7.82. The van der Waals surface area contributed by atoms with Gasteiger partial charge in [0.2, 0.25) is 0 Å². The van der Waals surface area contributed by atoms with Crippen LogP contribution in [0.3, 0.4) is 0 Å². The average molecular weight is 409 g/mol. The molecule has 1 atom stereocenters. The third-order valence-corrected chi connectivity index (χ3v) is 5.86. The fourth-order valence-electron chi connectivity index (χ4n) is 4.26. The molecule has 5 heteroatoms. The molecule has 5 nitrogen and oxygen atoms in total. The highest BCUT2D eigenvalue weighted by Gasteiger charge is 2.27. The highest BCUT2D eigenvalue weighted by atomic mass is 16.1. The Balaban J connectivity index is 1.57. The summed E-state index contributed by atoms with van der Waals surface area (Å²) in [6.45, 7) is 2.11. The van der Waals surface area contributed by atoms with Gasteiger partial charge in [-0.2, -0.15) is 0 Å². The molecule has 2 aromatic heterocycles. The van der Waals surface area contributed by atoms with Gasteiger partial charge in [-0.3, -0.25) is 4.98 Å².